The Bertz CT molecular complexity index is 1260. The van der Waals surface area contributed by atoms with E-state index in [0.717, 1.165) is 5.56 Å². The van der Waals surface area contributed by atoms with Crippen LogP contribution in [-0.4, -0.2) is 35.3 Å². The van der Waals surface area contributed by atoms with Crippen LogP contribution in [0, 0.1) is 0 Å². The van der Waals surface area contributed by atoms with Gasteiger partial charge in [0, 0.05) is 16.6 Å². The third-order valence-electron chi connectivity index (χ3n) is 6.13. The number of ether oxygens (including phenoxy) is 1. The Balaban J connectivity index is 1.52. The highest BCUT2D eigenvalue weighted by atomic mass is 35.5. The molecule has 3 aromatic carbocycles. The zero-order valence-electron chi connectivity index (χ0n) is 21.3. The fraction of sp³-hybridized carbons (Fsp3) is 0.286. The summed E-state index contributed by atoms with van der Waals surface area (Å²) in [6.45, 7) is 1.95. The molecule has 206 valence electrons. The van der Waals surface area contributed by atoms with Gasteiger partial charge in [-0.3, -0.25) is 4.79 Å². The van der Waals surface area contributed by atoms with E-state index in [9.17, 15) is 14.2 Å². The number of benzene rings is 3. The van der Waals surface area contributed by atoms with Gasteiger partial charge in [0.25, 0.3) is 0 Å². The molecule has 0 radical (unpaired) electrons. The summed E-state index contributed by atoms with van der Waals surface area (Å²) in [5.74, 6) is -0.749. The molecule has 1 heterocycles. The summed E-state index contributed by atoms with van der Waals surface area (Å²) in [5.41, 5.74) is 0.822. The van der Waals surface area contributed by atoms with E-state index >= 15 is 0 Å². The quantitative estimate of drug-likeness (QED) is 0.263. The maximum absolute atomic E-state index is 14.5. The van der Waals surface area contributed by atoms with Crippen molar-refractivity contribution in [2.24, 2.45) is 0 Å². The van der Waals surface area contributed by atoms with Gasteiger partial charge in [0.1, 0.15) is 24.1 Å². The van der Waals surface area contributed by atoms with Crippen molar-refractivity contribution in [3.63, 3.8) is 0 Å². The highest BCUT2D eigenvalue weighted by molar-refractivity contribution is 7.55. The summed E-state index contributed by atoms with van der Waals surface area (Å²) in [4.78, 5) is 27.4. The zero-order valence-corrected chi connectivity index (χ0v) is 23.7. The maximum atomic E-state index is 14.5. The molecule has 1 fully saturated rings. The molecule has 39 heavy (non-hydrogen) atoms. The van der Waals surface area contributed by atoms with Gasteiger partial charge < -0.3 is 24.0 Å². The molecule has 2 amide bonds. The Morgan fingerprint density at radius 1 is 0.923 bits per heavy atom. The first-order valence-corrected chi connectivity index (χ1v) is 14.9. The SMILES string of the molecule is C[C@H](NC(=O)OCc1ccccc1)C(=O)N1CCCCC1P(=O)(Oc1ccc(Cl)cc1)Oc1ccc(Cl)cc1. The van der Waals surface area contributed by atoms with Crippen molar-refractivity contribution in [1.29, 1.82) is 0 Å². The van der Waals surface area contributed by atoms with Gasteiger partial charge in [0.15, 0.2) is 5.78 Å². The molecule has 0 bridgehead atoms. The molecule has 4 rings (SSSR count). The number of rotatable bonds is 9. The smallest absolute Gasteiger partial charge is 0.445 e. The van der Waals surface area contributed by atoms with Gasteiger partial charge >= 0.3 is 13.7 Å². The Morgan fingerprint density at radius 2 is 1.49 bits per heavy atom. The molecule has 0 aliphatic carbocycles. The van der Waals surface area contributed by atoms with E-state index in [1.807, 2.05) is 30.3 Å². The topological polar surface area (TPSA) is 94.2 Å². The van der Waals surface area contributed by atoms with E-state index in [0.29, 0.717) is 35.9 Å². The van der Waals surface area contributed by atoms with Crippen LogP contribution < -0.4 is 14.4 Å². The van der Waals surface area contributed by atoms with Crippen LogP contribution in [0.2, 0.25) is 10.0 Å². The maximum Gasteiger partial charge on any atom is 0.453 e. The van der Waals surface area contributed by atoms with Crippen molar-refractivity contribution >= 4 is 42.8 Å². The molecule has 11 heteroatoms. The van der Waals surface area contributed by atoms with Crippen molar-refractivity contribution in [3.05, 3.63) is 94.5 Å². The molecule has 0 aromatic heterocycles. The van der Waals surface area contributed by atoms with E-state index < -0.39 is 31.4 Å². The van der Waals surface area contributed by atoms with Gasteiger partial charge in [-0.2, -0.15) is 0 Å². The number of amides is 2. The van der Waals surface area contributed by atoms with E-state index in [1.165, 1.54) is 4.90 Å². The van der Waals surface area contributed by atoms with Gasteiger partial charge in [-0.05, 0) is 80.3 Å². The monoisotopic (exact) mass is 590 g/mol. The van der Waals surface area contributed by atoms with Crippen LogP contribution in [0.4, 0.5) is 4.79 Å². The van der Waals surface area contributed by atoms with Crippen LogP contribution in [-0.2, 0) is 20.7 Å². The van der Waals surface area contributed by atoms with Crippen molar-refractivity contribution in [2.75, 3.05) is 6.54 Å². The molecule has 1 aliphatic rings. The lowest BCUT2D eigenvalue weighted by atomic mass is 10.1. The van der Waals surface area contributed by atoms with Crippen molar-refractivity contribution in [3.8, 4) is 11.5 Å². The molecule has 1 aliphatic heterocycles. The molecule has 0 saturated carbocycles. The molecule has 1 N–H and O–H groups in total. The number of hydrogen-bond donors (Lipinski definition) is 1. The largest absolute Gasteiger partial charge is 0.453 e. The van der Waals surface area contributed by atoms with Gasteiger partial charge in [-0.1, -0.05) is 53.5 Å². The second kappa shape index (κ2) is 13.2. The fourth-order valence-corrected chi connectivity index (χ4v) is 6.61. The minimum atomic E-state index is -4.03. The highest BCUT2D eigenvalue weighted by Crippen LogP contribution is 2.56. The van der Waals surface area contributed by atoms with Gasteiger partial charge in [0.05, 0.1) is 0 Å². The third-order valence-corrected chi connectivity index (χ3v) is 8.83. The van der Waals surface area contributed by atoms with Gasteiger partial charge in [-0.15, -0.1) is 0 Å². The number of piperidine rings is 1. The van der Waals surface area contributed by atoms with Crippen molar-refractivity contribution < 1.29 is 27.9 Å². The fourth-order valence-electron chi connectivity index (χ4n) is 4.18. The minimum Gasteiger partial charge on any atom is -0.445 e. The lowest BCUT2D eigenvalue weighted by Gasteiger charge is -2.39. The number of hydrogen-bond acceptors (Lipinski definition) is 6. The second-order valence-electron chi connectivity index (χ2n) is 9.07. The Labute approximate surface area is 237 Å². The second-order valence-corrected chi connectivity index (χ2v) is 12.0. The third kappa shape index (κ3) is 7.91. The molecular weight excluding hydrogens is 562 g/mol. The number of nitrogens with one attached hydrogen (secondary N) is 1. The Hall–Kier alpha value is -3.19. The first-order chi connectivity index (χ1) is 18.7. The van der Waals surface area contributed by atoms with Crippen LogP contribution in [0.3, 0.4) is 0 Å². The van der Waals surface area contributed by atoms with Gasteiger partial charge in [-0.25, -0.2) is 9.36 Å². The number of alkyl carbamates (subject to hydrolysis) is 1. The minimum absolute atomic E-state index is 0.0684. The van der Waals surface area contributed by atoms with Crippen LogP contribution in [0.5, 0.6) is 11.5 Å². The standard InChI is InChI=1S/C28H29Cl2N2O6P/c1-20(31-28(34)36-19-21-7-3-2-4-8-21)27(33)32-18-6-5-9-26(32)39(35,37-24-14-10-22(29)11-15-24)38-25-16-12-23(30)13-17-25/h2-4,7-8,10-17,20,26H,5-6,9,18-19H2,1H3,(H,31,34)/t20-,26?/m0/s1. The first kappa shape index (κ1) is 28.8. The van der Waals surface area contributed by atoms with E-state index in [2.05, 4.69) is 5.32 Å². The predicted molar refractivity (Wildman–Crippen MR) is 150 cm³/mol. The molecule has 1 saturated heterocycles. The lowest BCUT2D eigenvalue weighted by Crippen LogP contribution is -2.52. The van der Waals surface area contributed by atoms with Crippen LogP contribution in [0.15, 0.2) is 78.9 Å². The molecule has 8 nitrogen and oxygen atoms in total. The Morgan fingerprint density at radius 3 is 2.05 bits per heavy atom. The van der Waals surface area contributed by atoms with Crippen molar-refractivity contribution in [2.45, 2.75) is 44.6 Å². The highest BCUT2D eigenvalue weighted by Gasteiger charge is 2.47. The number of carbonyl (C=O) groups is 2. The number of likely N-dealkylation sites (tertiary alicyclic amines) is 1. The summed E-state index contributed by atoms with van der Waals surface area (Å²) in [5, 5.41) is 3.56. The average Bonchev–Trinajstić information content (AvgIpc) is 2.94. The summed E-state index contributed by atoms with van der Waals surface area (Å²) in [6.07, 6.45) is 1.07. The van der Waals surface area contributed by atoms with Crippen LogP contribution in [0.25, 0.3) is 0 Å². The molecule has 3 aromatic rings. The number of nitrogens with zero attached hydrogens (tertiary/aromatic N) is 1. The lowest BCUT2D eigenvalue weighted by molar-refractivity contribution is -0.135. The summed E-state index contributed by atoms with van der Waals surface area (Å²) in [6, 6.07) is 21.1. The van der Waals surface area contributed by atoms with Crippen molar-refractivity contribution in [1.82, 2.24) is 10.2 Å². The van der Waals surface area contributed by atoms with Crippen LogP contribution in [0.1, 0.15) is 31.7 Å². The van der Waals surface area contributed by atoms with Gasteiger partial charge in [0.2, 0.25) is 5.91 Å². The average molecular weight is 591 g/mol. The zero-order chi connectivity index (χ0) is 27.8. The summed E-state index contributed by atoms with van der Waals surface area (Å²) in [7, 11) is -4.03. The first-order valence-electron chi connectivity index (χ1n) is 12.5. The van der Waals surface area contributed by atoms with Crippen LogP contribution >= 0.6 is 30.8 Å². The summed E-state index contributed by atoms with van der Waals surface area (Å²) >= 11 is 12.0. The Kier molecular flexibility index (Phi) is 9.78. The number of carbonyl (C=O) groups excluding carboxylic acids is 2. The molecular formula is C28H29Cl2N2O6P. The van der Waals surface area contributed by atoms with E-state index in [1.54, 1.807) is 55.5 Å². The normalized spacial score (nSPS) is 16.2. The van der Waals surface area contributed by atoms with E-state index in [-0.39, 0.29) is 18.1 Å². The molecule has 1 unspecified atom stereocenters. The number of halogens is 2. The molecule has 0 spiro atoms. The van der Waals surface area contributed by atoms with E-state index in [4.69, 9.17) is 37.0 Å². The molecule has 2 atom stereocenters. The predicted octanol–water partition coefficient (Wildman–Crippen LogP) is 7.30. The summed E-state index contributed by atoms with van der Waals surface area (Å²) < 4.78 is 31.7.